The van der Waals surface area contributed by atoms with Crippen molar-refractivity contribution in [2.75, 3.05) is 33.9 Å². The molecule has 0 saturated carbocycles. The van der Waals surface area contributed by atoms with Crippen molar-refractivity contribution in [3.05, 3.63) is 121 Å². The van der Waals surface area contributed by atoms with Crippen molar-refractivity contribution < 1.29 is 37.4 Å². The Morgan fingerprint density at radius 3 is 2.02 bits per heavy atom. The number of rotatable bonds is 14. The molecule has 5 atom stereocenters. The Bertz CT molecular complexity index is 2570. The third kappa shape index (κ3) is 9.77. The van der Waals surface area contributed by atoms with Gasteiger partial charge in [-0.2, -0.15) is 8.78 Å². The summed E-state index contributed by atoms with van der Waals surface area (Å²) in [4.78, 5) is 58.4. The number of amides is 3. The lowest BCUT2D eigenvalue weighted by atomic mass is 9.98. The van der Waals surface area contributed by atoms with Crippen LogP contribution in [0.5, 0.6) is 0 Å². The zero-order valence-electron chi connectivity index (χ0n) is 36.1. The van der Waals surface area contributed by atoms with Gasteiger partial charge < -0.3 is 39.7 Å². The number of aromatic amines is 2. The van der Waals surface area contributed by atoms with E-state index in [1.807, 2.05) is 61.2 Å². The maximum absolute atomic E-state index is 14.0. The van der Waals surface area contributed by atoms with Crippen LogP contribution in [0.4, 0.5) is 18.4 Å². The van der Waals surface area contributed by atoms with Crippen molar-refractivity contribution in [1.29, 1.82) is 0 Å². The van der Waals surface area contributed by atoms with E-state index in [-0.39, 0.29) is 36.5 Å². The second-order valence-corrected chi connectivity index (χ2v) is 16.6. The molecular formula is C48H52F2N8O6. The molecule has 2 aliphatic heterocycles. The van der Waals surface area contributed by atoms with Gasteiger partial charge >= 0.3 is 18.8 Å². The van der Waals surface area contributed by atoms with Gasteiger partial charge in [-0.25, -0.2) is 19.6 Å². The van der Waals surface area contributed by atoms with Crippen molar-refractivity contribution >= 4 is 28.9 Å². The first-order valence-electron chi connectivity index (χ1n) is 21.4. The highest BCUT2D eigenvalue weighted by molar-refractivity contribution is 5.91. The van der Waals surface area contributed by atoms with Gasteiger partial charge in [-0.3, -0.25) is 9.69 Å². The average Bonchev–Trinajstić information content (AvgIpc) is 4.15. The van der Waals surface area contributed by atoms with Crippen LogP contribution in [-0.2, 0) is 19.0 Å². The lowest BCUT2D eigenvalue weighted by molar-refractivity contribution is -0.158. The van der Waals surface area contributed by atoms with Gasteiger partial charge in [-0.05, 0) is 70.3 Å². The fraction of sp³-hybridized carbons (Fsp3) is 0.354. The first kappa shape index (κ1) is 44.0. The molecule has 8 rings (SSSR count). The minimum Gasteiger partial charge on any atom is -0.453 e. The minimum absolute atomic E-state index is 0.0615. The van der Waals surface area contributed by atoms with Crippen LogP contribution in [0.2, 0.25) is 0 Å². The molecule has 4 N–H and O–H groups in total. The number of H-pyrrole nitrogens is 2. The summed E-state index contributed by atoms with van der Waals surface area (Å²) in [7, 11) is 2.58. The van der Waals surface area contributed by atoms with E-state index in [4.69, 9.17) is 19.2 Å². The van der Waals surface area contributed by atoms with Gasteiger partial charge in [0.2, 0.25) is 0 Å². The first-order chi connectivity index (χ1) is 31.0. The van der Waals surface area contributed by atoms with E-state index in [9.17, 15) is 23.2 Å². The lowest BCUT2D eigenvalue weighted by Gasteiger charge is -2.30. The predicted molar refractivity (Wildman–Crippen MR) is 237 cm³/mol. The molecule has 6 aromatic rings. The van der Waals surface area contributed by atoms with Crippen molar-refractivity contribution in [3.8, 4) is 33.6 Å². The number of nitrogens with one attached hydrogen (secondary N) is 4. The number of hydrogen-bond acceptors (Lipinski definition) is 9. The molecule has 16 heteroatoms. The number of carbonyl (C=O) groups is 3. The van der Waals surface area contributed by atoms with E-state index >= 15 is 0 Å². The van der Waals surface area contributed by atoms with Crippen molar-refractivity contribution in [2.24, 2.45) is 5.92 Å². The summed E-state index contributed by atoms with van der Waals surface area (Å²) in [5, 5.41) is 7.70. The molecule has 0 spiro atoms. The van der Waals surface area contributed by atoms with E-state index in [1.165, 1.54) is 14.2 Å². The average molecular weight is 875 g/mol. The Balaban J connectivity index is 0.948. The third-order valence-corrected chi connectivity index (χ3v) is 12.3. The second-order valence-electron chi connectivity index (χ2n) is 16.6. The SMILES string of the molecule is COC(=O)NC(C(=O)N1CCC[C@H]1c1ncc(-c2ccc3cc(-c4ccc(-c5cnc([C@@H]6C[C@H](OC(F)F)CN6C[C@@H](NC(=O)OC)C(C)C)[nH]5)cc4)ccc3c2)[nH]1)c1ccccc1. The van der Waals surface area contributed by atoms with Gasteiger partial charge in [0.15, 0.2) is 0 Å². The lowest BCUT2D eigenvalue weighted by Crippen LogP contribution is -2.47. The standard InChI is InChI=1S/C48H52F2N8O6/c1-28(2)39(55-47(60)62-3)27-57-26-36(64-46(49)50)23-41(57)44-52-24-37(53-44)30-14-12-29(13-15-30)32-16-17-34-22-35(19-18-33(34)21-32)38-25-51-43(54-38)40-11-8-20-58(40)45(59)42(56-48(61)63-4)31-9-6-5-7-10-31/h5-7,9-10,12-19,21-22,24-25,28,36,39-42,46H,8,11,20,23,26-27H2,1-4H3,(H,51,54)(H,52,53)(H,55,60)(H,56,61)/t36-,39+,40-,41-,42?/m0/s1. The van der Waals surface area contributed by atoms with E-state index in [2.05, 4.69) is 74.1 Å². The summed E-state index contributed by atoms with van der Waals surface area (Å²) in [5.74, 6) is 1.16. The van der Waals surface area contributed by atoms with E-state index in [1.54, 1.807) is 17.3 Å². The van der Waals surface area contributed by atoms with Gasteiger partial charge in [0.1, 0.15) is 17.7 Å². The van der Waals surface area contributed by atoms with Crippen LogP contribution in [0.15, 0.2) is 103 Å². The summed E-state index contributed by atoms with van der Waals surface area (Å²) in [6.07, 6.45) is 3.49. The second kappa shape index (κ2) is 19.4. The van der Waals surface area contributed by atoms with Crippen LogP contribution in [-0.4, -0.2) is 100 Å². The van der Waals surface area contributed by atoms with Crippen LogP contribution in [0, 0.1) is 5.92 Å². The maximum Gasteiger partial charge on any atom is 0.407 e. The zero-order valence-corrected chi connectivity index (χ0v) is 36.1. The highest BCUT2D eigenvalue weighted by Gasteiger charge is 2.39. The fourth-order valence-electron chi connectivity index (χ4n) is 8.81. The number of ether oxygens (including phenoxy) is 3. The van der Waals surface area contributed by atoms with Crippen LogP contribution < -0.4 is 10.6 Å². The third-order valence-electron chi connectivity index (χ3n) is 12.3. The quantitative estimate of drug-likeness (QED) is 0.0837. The number of fused-ring (bicyclic) bond motifs is 1. The number of hydrogen-bond donors (Lipinski definition) is 4. The number of nitrogens with zero attached hydrogens (tertiary/aromatic N) is 4. The smallest absolute Gasteiger partial charge is 0.407 e. The number of alkyl carbamates (subject to hydrolysis) is 2. The minimum atomic E-state index is -2.89. The molecule has 1 unspecified atom stereocenters. The molecule has 2 saturated heterocycles. The van der Waals surface area contributed by atoms with Crippen LogP contribution in [0.3, 0.4) is 0 Å². The van der Waals surface area contributed by atoms with Gasteiger partial charge in [0, 0.05) is 31.2 Å². The summed E-state index contributed by atoms with van der Waals surface area (Å²) < 4.78 is 41.2. The molecule has 14 nitrogen and oxygen atoms in total. The molecule has 64 heavy (non-hydrogen) atoms. The van der Waals surface area contributed by atoms with Crippen molar-refractivity contribution in [3.63, 3.8) is 0 Å². The van der Waals surface area contributed by atoms with Crippen LogP contribution >= 0.6 is 0 Å². The van der Waals surface area contributed by atoms with Crippen molar-refractivity contribution in [2.45, 2.75) is 70.0 Å². The Morgan fingerprint density at radius 2 is 1.36 bits per heavy atom. The zero-order chi connectivity index (χ0) is 44.9. The summed E-state index contributed by atoms with van der Waals surface area (Å²) >= 11 is 0. The summed E-state index contributed by atoms with van der Waals surface area (Å²) in [6.45, 7) is 2.28. The molecule has 0 bridgehead atoms. The van der Waals surface area contributed by atoms with Gasteiger partial charge in [0.05, 0.1) is 56.2 Å². The van der Waals surface area contributed by atoms with Gasteiger partial charge in [0.25, 0.3) is 5.91 Å². The first-order valence-corrected chi connectivity index (χ1v) is 21.4. The molecular weight excluding hydrogens is 823 g/mol. The molecule has 3 amide bonds. The van der Waals surface area contributed by atoms with Gasteiger partial charge in [-0.1, -0.05) is 92.7 Å². The Hall–Kier alpha value is -6.65. The molecule has 4 aromatic carbocycles. The molecule has 4 heterocycles. The normalized spacial score (nSPS) is 18.7. The number of methoxy groups -OCH3 is 2. The number of imidazole rings is 2. The fourth-order valence-corrected chi connectivity index (χ4v) is 8.81. The molecule has 334 valence electrons. The topological polar surface area (TPSA) is 167 Å². The number of carbonyl (C=O) groups excluding carboxylic acids is 3. The summed E-state index contributed by atoms with van der Waals surface area (Å²) in [5.41, 5.74) is 6.26. The van der Waals surface area contributed by atoms with E-state index in [0.717, 1.165) is 57.3 Å². The molecule has 0 aliphatic carbocycles. The van der Waals surface area contributed by atoms with E-state index < -0.39 is 30.9 Å². The van der Waals surface area contributed by atoms with E-state index in [0.29, 0.717) is 36.7 Å². The molecule has 2 aliphatic rings. The monoisotopic (exact) mass is 874 g/mol. The molecule has 2 fully saturated rings. The number of aromatic nitrogens is 4. The molecule has 2 aromatic heterocycles. The Labute approximate surface area is 369 Å². The van der Waals surface area contributed by atoms with Crippen LogP contribution in [0.1, 0.15) is 68.4 Å². The Morgan fingerprint density at radius 1 is 0.766 bits per heavy atom. The Kier molecular flexibility index (Phi) is 13.3. The highest BCUT2D eigenvalue weighted by atomic mass is 19.3. The highest BCUT2D eigenvalue weighted by Crippen LogP contribution is 2.37. The number of benzene rings is 4. The largest absolute Gasteiger partial charge is 0.453 e. The number of likely N-dealkylation sites (tertiary alicyclic amines) is 2. The predicted octanol–water partition coefficient (Wildman–Crippen LogP) is 8.78. The summed E-state index contributed by atoms with van der Waals surface area (Å²) in [6, 6.07) is 28.1. The van der Waals surface area contributed by atoms with Crippen LogP contribution in [0.25, 0.3) is 44.4 Å². The number of halogens is 2. The molecule has 0 radical (unpaired) electrons. The maximum atomic E-state index is 14.0. The van der Waals surface area contributed by atoms with Gasteiger partial charge in [-0.15, -0.1) is 0 Å². The van der Waals surface area contributed by atoms with Crippen molar-refractivity contribution in [1.82, 2.24) is 40.4 Å². The number of alkyl halides is 2.